The number of piperazine rings is 1. The standard InChI is InChI=1S/C22H34F3N5O/c1-3-26-21(28-18-5-7-19(31)8-6-18)27-15-16-14-17(22(23,24)25)4-9-20(16)30-12-10-29(2)11-13-30/h4,9,14,18-19,31H,3,5-8,10-13,15H2,1-2H3,(H2,26,27,28). The summed E-state index contributed by atoms with van der Waals surface area (Å²) in [5, 5.41) is 16.3. The Hall–Kier alpha value is -2.00. The van der Waals surface area contributed by atoms with Gasteiger partial charge in [-0.1, -0.05) is 0 Å². The van der Waals surface area contributed by atoms with Crippen LogP contribution in [0.1, 0.15) is 43.7 Å². The number of alkyl halides is 3. The molecule has 0 spiro atoms. The van der Waals surface area contributed by atoms with Crippen LogP contribution >= 0.6 is 0 Å². The van der Waals surface area contributed by atoms with Crippen LogP contribution in [0.2, 0.25) is 0 Å². The van der Waals surface area contributed by atoms with E-state index in [1.54, 1.807) is 6.07 Å². The van der Waals surface area contributed by atoms with Crippen LogP contribution in [0.15, 0.2) is 23.2 Å². The van der Waals surface area contributed by atoms with E-state index in [-0.39, 0.29) is 18.7 Å². The minimum atomic E-state index is -4.38. The molecule has 1 heterocycles. The lowest BCUT2D eigenvalue weighted by atomic mass is 9.93. The Kier molecular flexibility index (Phi) is 8.05. The van der Waals surface area contributed by atoms with Gasteiger partial charge in [0.1, 0.15) is 0 Å². The first-order valence-electron chi connectivity index (χ1n) is 11.1. The maximum atomic E-state index is 13.4. The predicted molar refractivity (Wildman–Crippen MR) is 117 cm³/mol. The van der Waals surface area contributed by atoms with Crippen molar-refractivity contribution in [2.24, 2.45) is 4.99 Å². The predicted octanol–water partition coefficient (Wildman–Crippen LogP) is 2.82. The van der Waals surface area contributed by atoms with Gasteiger partial charge in [-0.2, -0.15) is 13.2 Å². The van der Waals surface area contributed by atoms with E-state index in [9.17, 15) is 18.3 Å². The van der Waals surface area contributed by atoms with Crippen LogP contribution in [0.3, 0.4) is 0 Å². The molecule has 0 bridgehead atoms. The zero-order chi connectivity index (χ0) is 22.4. The third-order valence-corrected chi connectivity index (χ3v) is 6.04. The summed E-state index contributed by atoms with van der Waals surface area (Å²) in [7, 11) is 2.05. The van der Waals surface area contributed by atoms with E-state index in [4.69, 9.17) is 0 Å². The largest absolute Gasteiger partial charge is 0.416 e. The quantitative estimate of drug-likeness (QED) is 0.485. The molecule has 1 saturated carbocycles. The van der Waals surface area contributed by atoms with E-state index in [2.05, 4.69) is 25.4 Å². The number of likely N-dealkylation sites (N-methyl/N-ethyl adjacent to an activating group) is 1. The van der Waals surface area contributed by atoms with E-state index >= 15 is 0 Å². The second-order valence-corrected chi connectivity index (χ2v) is 8.48. The molecule has 0 radical (unpaired) electrons. The molecule has 6 nitrogen and oxygen atoms in total. The smallest absolute Gasteiger partial charge is 0.393 e. The molecular weight excluding hydrogens is 407 g/mol. The highest BCUT2D eigenvalue weighted by atomic mass is 19.4. The summed E-state index contributed by atoms with van der Waals surface area (Å²) in [6.07, 6.45) is -1.43. The SMILES string of the molecule is CCNC(=NCc1cc(C(F)(F)F)ccc1N1CCN(C)CC1)NC1CCC(O)CC1. The Balaban J connectivity index is 1.80. The minimum absolute atomic E-state index is 0.163. The van der Waals surface area contributed by atoms with Gasteiger partial charge in [-0.05, 0) is 63.4 Å². The topological polar surface area (TPSA) is 63.1 Å². The van der Waals surface area contributed by atoms with Crippen molar-refractivity contribution < 1.29 is 18.3 Å². The third-order valence-electron chi connectivity index (χ3n) is 6.04. The first kappa shape index (κ1) is 23.7. The van der Waals surface area contributed by atoms with Gasteiger partial charge in [-0.3, -0.25) is 0 Å². The summed E-state index contributed by atoms with van der Waals surface area (Å²) in [5.74, 6) is 0.602. The molecule has 0 unspecified atom stereocenters. The number of rotatable bonds is 5. The Bertz CT molecular complexity index is 739. The van der Waals surface area contributed by atoms with Gasteiger partial charge in [0.25, 0.3) is 0 Å². The number of nitrogens with one attached hydrogen (secondary N) is 2. The zero-order valence-electron chi connectivity index (χ0n) is 18.4. The van der Waals surface area contributed by atoms with E-state index in [1.807, 2.05) is 14.0 Å². The third kappa shape index (κ3) is 6.74. The summed E-state index contributed by atoms with van der Waals surface area (Å²) in [5.41, 5.74) is 0.756. The van der Waals surface area contributed by atoms with Crippen molar-refractivity contribution in [3.05, 3.63) is 29.3 Å². The zero-order valence-corrected chi connectivity index (χ0v) is 18.4. The summed E-state index contributed by atoms with van der Waals surface area (Å²) in [6.45, 7) is 6.10. The lowest BCUT2D eigenvalue weighted by Crippen LogP contribution is -2.45. The lowest BCUT2D eigenvalue weighted by Gasteiger charge is -2.35. The van der Waals surface area contributed by atoms with Crippen LogP contribution in [0.5, 0.6) is 0 Å². The molecule has 2 fully saturated rings. The van der Waals surface area contributed by atoms with Gasteiger partial charge in [0.15, 0.2) is 5.96 Å². The monoisotopic (exact) mass is 441 g/mol. The van der Waals surface area contributed by atoms with Crippen molar-refractivity contribution in [1.82, 2.24) is 15.5 Å². The van der Waals surface area contributed by atoms with Crippen molar-refractivity contribution in [2.75, 3.05) is 44.7 Å². The van der Waals surface area contributed by atoms with Gasteiger partial charge in [0.05, 0.1) is 18.2 Å². The van der Waals surface area contributed by atoms with Gasteiger partial charge in [0.2, 0.25) is 0 Å². The molecule has 1 aromatic carbocycles. The van der Waals surface area contributed by atoms with Crippen LogP contribution in [0, 0.1) is 0 Å². The molecular formula is C22H34F3N5O. The molecule has 31 heavy (non-hydrogen) atoms. The molecule has 2 aliphatic rings. The molecule has 1 aromatic rings. The maximum Gasteiger partial charge on any atom is 0.416 e. The lowest BCUT2D eigenvalue weighted by molar-refractivity contribution is -0.137. The minimum Gasteiger partial charge on any atom is -0.393 e. The average Bonchev–Trinajstić information content (AvgIpc) is 2.73. The van der Waals surface area contributed by atoms with Gasteiger partial charge < -0.3 is 25.5 Å². The Labute approximate surface area is 182 Å². The highest BCUT2D eigenvalue weighted by Crippen LogP contribution is 2.33. The van der Waals surface area contributed by atoms with Crippen molar-refractivity contribution >= 4 is 11.6 Å². The summed E-state index contributed by atoms with van der Waals surface area (Å²) >= 11 is 0. The number of aliphatic hydroxyl groups excluding tert-OH is 1. The van der Waals surface area contributed by atoms with E-state index in [1.165, 1.54) is 6.07 Å². The Morgan fingerprint density at radius 3 is 2.42 bits per heavy atom. The number of aliphatic hydroxyl groups is 1. The van der Waals surface area contributed by atoms with E-state index in [0.29, 0.717) is 18.1 Å². The van der Waals surface area contributed by atoms with Gasteiger partial charge in [0, 0.05) is 44.5 Å². The fourth-order valence-corrected chi connectivity index (χ4v) is 4.14. The van der Waals surface area contributed by atoms with Crippen LogP contribution in [-0.2, 0) is 12.7 Å². The molecule has 9 heteroatoms. The van der Waals surface area contributed by atoms with Crippen molar-refractivity contribution in [3.63, 3.8) is 0 Å². The molecule has 0 aromatic heterocycles. The number of guanidine groups is 1. The molecule has 3 N–H and O–H groups in total. The summed E-state index contributed by atoms with van der Waals surface area (Å²) in [6, 6.07) is 4.19. The van der Waals surface area contributed by atoms with E-state index in [0.717, 1.165) is 63.6 Å². The fourth-order valence-electron chi connectivity index (χ4n) is 4.14. The van der Waals surface area contributed by atoms with Gasteiger partial charge in [-0.15, -0.1) is 0 Å². The summed E-state index contributed by atoms with van der Waals surface area (Å²) < 4.78 is 40.1. The second kappa shape index (κ2) is 10.5. The molecule has 0 atom stereocenters. The van der Waals surface area contributed by atoms with E-state index < -0.39 is 11.7 Å². The number of anilines is 1. The number of hydrogen-bond donors (Lipinski definition) is 3. The Morgan fingerprint density at radius 2 is 1.81 bits per heavy atom. The number of nitrogens with zero attached hydrogens (tertiary/aromatic N) is 3. The molecule has 0 amide bonds. The van der Waals surface area contributed by atoms with Crippen molar-refractivity contribution in [3.8, 4) is 0 Å². The van der Waals surface area contributed by atoms with Crippen molar-refractivity contribution in [1.29, 1.82) is 0 Å². The van der Waals surface area contributed by atoms with Crippen LogP contribution < -0.4 is 15.5 Å². The molecule has 174 valence electrons. The summed E-state index contributed by atoms with van der Waals surface area (Å²) in [4.78, 5) is 8.98. The van der Waals surface area contributed by atoms with Gasteiger partial charge >= 0.3 is 6.18 Å². The van der Waals surface area contributed by atoms with Crippen LogP contribution in [0.4, 0.5) is 18.9 Å². The highest BCUT2D eigenvalue weighted by molar-refractivity contribution is 5.80. The average molecular weight is 442 g/mol. The Morgan fingerprint density at radius 1 is 1.13 bits per heavy atom. The highest BCUT2D eigenvalue weighted by Gasteiger charge is 2.31. The first-order chi connectivity index (χ1) is 14.8. The number of halogens is 3. The number of benzene rings is 1. The van der Waals surface area contributed by atoms with Crippen LogP contribution in [0.25, 0.3) is 0 Å². The number of hydrogen-bond acceptors (Lipinski definition) is 4. The van der Waals surface area contributed by atoms with Crippen molar-refractivity contribution in [2.45, 2.75) is 57.5 Å². The second-order valence-electron chi connectivity index (χ2n) is 8.48. The molecule has 3 rings (SSSR count). The molecule has 1 saturated heterocycles. The maximum absolute atomic E-state index is 13.4. The first-order valence-corrected chi connectivity index (χ1v) is 11.1. The number of aliphatic imine (C=N–C) groups is 1. The molecule has 1 aliphatic carbocycles. The fraction of sp³-hybridized carbons (Fsp3) is 0.682. The van der Waals surface area contributed by atoms with Gasteiger partial charge in [-0.25, -0.2) is 4.99 Å². The van der Waals surface area contributed by atoms with Crippen LogP contribution in [-0.4, -0.2) is 67.9 Å². The normalized spacial score (nSPS) is 23.7. The molecule has 1 aliphatic heterocycles.